The quantitative estimate of drug-likeness (QED) is 0.847. The summed E-state index contributed by atoms with van der Waals surface area (Å²) in [5.41, 5.74) is 2.00. The molecule has 2 unspecified atom stereocenters. The van der Waals surface area contributed by atoms with Crippen LogP contribution in [0.5, 0.6) is 0 Å². The molecule has 0 saturated carbocycles. The van der Waals surface area contributed by atoms with Crippen molar-refractivity contribution in [3.05, 3.63) is 70.2 Å². The predicted molar refractivity (Wildman–Crippen MR) is 87.1 cm³/mol. The van der Waals surface area contributed by atoms with E-state index in [9.17, 15) is 10.0 Å². The summed E-state index contributed by atoms with van der Waals surface area (Å²) in [5, 5.41) is 11.0. The van der Waals surface area contributed by atoms with Gasteiger partial charge < -0.3 is 0 Å². The third-order valence-electron chi connectivity index (χ3n) is 4.05. The number of carbonyl (C=O) groups is 1. The Balaban J connectivity index is 1.97. The van der Waals surface area contributed by atoms with Crippen LogP contribution < -0.4 is 0 Å². The van der Waals surface area contributed by atoms with E-state index >= 15 is 0 Å². The van der Waals surface area contributed by atoms with E-state index in [0.29, 0.717) is 0 Å². The van der Waals surface area contributed by atoms with Gasteiger partial charge in [0.05, 0.1) is 6.54 Å². The molecule has 114 valence electrons. The van der Waals surface area contributed by atoms with E-state index in [1.165, 1.54) is 0 Å². The summed E-state index contributed by atoms with van der Waals surface area (Å²) in [4.78, 5) is 14.0. The molecule has 0 spiro atoms. The number of nitrogens with zero attached hydrogens (tertiary/aromatic N) is 2. The maximum Gasteiger partial charge on any atom is 0.262 e. The van der Waals surface area contributed by atoms with Gasteiger partial charge >= 0.3 is 0 Å². The third kappa shape index (κ3) is 2.79. The lowest BCUT2D eigenvalue weighted by atomic mass is 10.1. The van der Waals surface area contributed by atoms with Gasteiger partial charge in [-0.3, -0.25) is 14.9 Å². The highest BCUT2D eigenvalue weighted by Gasteiger charge is 2.41. The zero-order valence-electron chi connectivity index (χ0n) is 12.2. The standard InChI is InChI=1S/C17H17BrN2O2/c1-12(13-6-3-2-4-7-13)19-11-16(21)20(22)17(19)14-8-5-9-15(18)10-14/h2-10,12,17,22H,11H2,1H3. The minimum Gasteiger partial charge on any atom is -0.284 e. The molecular weight excluding hydrogens is 344 g/mol. The maximum absolute atomic E-state index is 12.0. The number of amides is 1. The Morgan fingerprint density at radius 2 is 1.91 bits per heavy atom. The van der Waals surface area contributed by atoms with Gasteiger partial charge in [0.25, 0.3) is 5.91 Å². The zero-order valence-corrected chi connectivity index (χ0v) is 13.8. The van der Waals surface area contributed by atoms with Crippen LogP contribution >= 0.6 is 15.9 Å². The highest BCUT2D eigenvalue weighted by molar-refractivity contribution is 9.10. The molecule has 22 heavy (non-hydrogen) atoms. The summed E-state index contributed by atoms with van der Waals surface area (Å²) in [6.07, 6.45) is -0.472. The predicted octanol–water partition coefficient (Wildman–Crippen LogP) is 3.74. The molecule has 0 aromatic heterocycles. The highest BCUT2D eigenvalue weighted by atomic mass is 79.9. The minimum atomic E-state index is -0.472. The molecule has 2 aromatic rings. The van der Waals surface area contributed by atoms with Gasteiger partial charge in [-0.1, -0.05) is 58.4 Å². The first-order chi connectivity index (χ1) is 10.6. The van der Waals surface area contributed by atoms with Gasteiger partial charge in [0, 0.05) is 10.5 Å². The molecule has 2 atom stereocenters. The number of carbonyl (C=O) groups excluding carboxylic acids is 1. The Hall–Kier alpha value is -1.69. The second-order valence-corrected chi connectivity index (χ2v) is 6.34. The average molecular weight is 361 g/mol. The SMILES string of the molecule is CC(c1ccccc1)N1CC(=O)N(O)C1c1cccc(Br)c1. The van der Waals surface area contributed by atoms with Crippen molar-refractivity contribution in [3.8, 4) is 0 Å². The maximum atomic E-state index is 12.0. The van der Waals surface area contributed by atoms with Crippen molar-refractivity contribution in [2.75, 3.05) is 6.54 Å². The fourth-order valence-electron chi connectivity index (χ4n) is 2.86. The minimum absolute atomic E-state index is 0.0197. The van der Waals surface area contributed by atoms with Gasteiger partial charge in [-0.05, 0) is 30.2 Å². The van der Waals surface area contributed by atoms with Crippen molar-refractivity contribution in [3.63, 3.8) is 0 Å². The van der Waals surface area contributed by atoms with Crippen LogP contribution in [0.3, 0.4) is 0 Å². The van der Waals surface area contributed by atoms with Gasteiger partial charge in [-0.15, -0.1) is 0 Å². The van der Waals surface area contributed by atoms with Gasteiger partial charge in [-0.25, -0.2) is 5.06 Å². The molecule has 1 fully saturated rings. The molecule has 2 aromatic carbocycles. The second kappa shape index (κ2) is 6.20. The Morgan fingerprint density at radius 1 is 1.18 bits per heavy atom. The molecule has 0 aliphatic carbocycles. The van der Waals surface area contributed by atoms with Crippen molar-refractivity contribution in [2.24, 2.45) is 0 Å². The molecule has 1 saturated heterocycles. The summed E-state index contributed by atoms with van der Waals surface area (Å²) >= 11 is 3.44. The highest BCUT2D eigenvalue weighted by Crippen LogP contribution is 2.36. The number of hydroxylamine groups is 2. The molecule has 4 nitrogen and oxygen atoms in total. The van der Waals surface area contributed by atoms with Crippen molar-refractivity contribution in [2.45, 2.75) is 19.1 Å². The number of hydrogen-bond acceptors (Lipinski definition) is 3. The largest absolute Gasteiger partial charge is 0.284 e. The smallest absolute Gasteiger partial charge is 0.262 e. The first-order valence-corrected chi connectivity index (χ1v) is 7.94. The van der Waals surface area contributed by atoms with Crippen LogP contribution in [0.25, 0.3) is 0 Å². The van der Waals surface area contributed by atoms with Gasteiger partial charge in [-0.2, -0.15) is 0 Å². The molecule has 0 bridgehead atoms. The summed E-state index contributed by atoms with van der Waals surface area (Å²) in [6.45, 7) is 2.25. The van der Waals surface area contributed by atoms with Gasteiger partial charge in [0.1, 0.15) is 6.17 Å². The normalized spacial score (nSPS) is 20.4. The van der Waals surface area contributed by atoms with Crippen LogP contribution in [0.1, 0.15) is 30.3 Å². The molecule has 1 aliphatic rings. The third-order valence-corrected chi connectivity index (χ3v) is 4.54. The summed E-state index contributed by atoms with van der Waals surface area (Å²) < 4.78 is 0.921. The lowest BCUT2D eigenvalue weighted by Crippen LogP contribution is -2.31. The summed E-state index contributed by atoms with van der Waals surface area (Å²) in [6, 6.07) is 17.7. The number of halogens is 1. The zero-order chi connectivity index (χ0) is 15.7. The van der Waals surface area contributed by atoms with E-state index in [1.54, 1.807) is 0 Å². The van der Waals surface area contributed by atoms with E-state index in [0.717, 1.165) is 20.7 Å². The van der Waals surface area contributed by atoms with E-state index in [2.05, 4.69) is 15.9 Å². The monoisotopic (exact) mass is 360 g/mol. The number of hydrogen-bond donors (Lipinski definition) is 1. The molecule has 0 radical (unpaired) electrons. The first-order valence-electron chi connectivity index (χ1n) is 7.15. The molecule has 3 rings (SSSR count). The van der Waals surface area contributed by atoms with Crippen LogP contribution in [-0.4, -0.2) is 27.6 Å². The lowest BCUT2D eigenvalue weighted by molar-refractivity contribution is -0.171. The van der Waals surface area contributed by atoms with E-state index in [1.807, 2.05) is 66.4 Å². The topological polar surface area (TPSA) is 43.8 Å². The van der Waals surface area contributed by atoms with Crippen molar-refractivity contribution in [1.82, 2.24) is 9.96 Å². The van der Waals surface area contributed by atoms with E-state index in [4.69, 9.17) is 0 Å². The van der Waals surface area contributed by atoms with Crippen molar-refractivity contribution < 1.29 is 10.0 Å². The van der Waals surface area contributed by atoms with E-state index < -0.39 is 6.17 Å². The molecule has 1 N–H and O–H groups in total. The van der Waals surface area contributed by atoms with Crippen LogP contribution in [0.2, 0.25) is 0 Å². The first kappa shape index (κ1) is 15.2. The van der Waals surface area contributed by atoms with Crippen LogP contribution in [0, 0.1) is 0 Å². The Labute approximate surface area is 138 Å². The molecule has 1 heterocycles. The number of rotatable bonds is 3. The molecular formula is C17H17BrN2O2. The van der Waals surface area contributed by atoms with Crippen LogP contribution in [-0.2, 0) is 4.79 Å². The fourth-order valence-corrected chi connectivity index (χ4v) is 3.28. The van der Waals surface area contributed by atoms with Crippen LogP contribution in [0.4, 0.5) is 0 Å². The van der Waals surface area contributed by atoms with Crippen molar-refractivity contribution in [1.29, 1.82) is 0 Å². The van der Waals surface area contributed by atoms with Gasteiger partial charge in [0.2, 0.25) is 0 Å². The Bertz CT molecular complexity index is 677. The molecule has 5 heteroatoms. The van der Waals surface area contributed by atoms with E-state index in [-0.39, 0.29) is 18.5 Å². The fraction of sp³-hybridized carbons (Fsp3) is 0.235. The summed E-state index contributed by atoms with van der Waals surface area (Å²) in [7, 11) is 0. The van der Waals surface area contributed by atoms with Crippen LogP contribution in [0.15, 0.2) is 59.1 Å². The molecule has 1 amide bonds. The molecule has 1 aliphatic heterocycles. The summed E-state index contributed by atoms with van der Waals surface area (Å²) in [5.74, 6) is -0.284. The van der Waals surface area contributed by atoms with Crippen molar-refractivity contribution >= 4 is 21.8 Å². The Kier molecular flexibility index (Phi) is 4.29. The Morgan fingerprint density at radius 3 is 2.59 bits per heavy atom. The lowest BCUT2D eigenvalue weighted by Gasteiger charge is -2.31. The van der Waals surface area contributed by atoms with Gasteiger partial charge in [0.15, 0.2) is 0 Å². The number of benzene rings is 2. The average Bonchev–Trinajstić information content (AvgIpc) is 2.83. The second-order valence-electron chi connectivity index (χ2n) is 5.43.